The number of pyridine rings is 1. The highest BCUT2D eigenvalue weighted by Gasteiger charge is 2.19. The number of aromatic nitrogens is 1. The second-order valence-electron chi connectivity index (χ2n) is 7.00. The molecule has 9 nitrogen and oxygen atoms in total. The first-order chi connectivity index (χ1) is 16.3. The van der Waals surface area contributed by atoms with Gasteiger partial charge in [0.2, 0.25) is 0 Å². The molecular formula is C24H20ClN3O6. The van der Waals surface area contributed by atoms with Crippen molar-refractivity contribution in [1.82, 2.24) is 4.98 Å². The smallest absolute Gasteiger partial charge is 0.331 e. The van der Waals surface area contributed by atoms with E-state index < -0.39 is 22.9 Å². The van der Waals surface area contributed by atoms with Crippen molar-refractivity contribution in [2.45, 2.75) is 19.6 Å². The first-order valence-corrected chi connectivity index (χ1v) is 10.5. The minimum absolute atomic E-state index is 0.00608. The molecule has 1 atom stereocenters. The Morgan fingerprint density at radius 3 is 2.59 bits per heavy atom. The molecule has 3 rings (SSSR count). The lowest BCUT2D eigenvalue weighted by atomic mass is 10.2. The average molecular weight is 482 g/mol. The van der Waals surface area contributed by atoms with Gasteiger partial charge in [0.1, 0.15) is 12.4 Å². The molecule has 1 unspecified atom stereocenters. The number of non-ortho nitro benzene ring substituents is 1. The quantitative estimate of drug-likeness (QED) is 0.201. The Bertz CT molecular complexity index is 1200. The van der Waals surface area contributed by atoms with Crippen molar-refractivity contribution in [1.29, 1.82) is 0 Å². The third-order valence-electron chi connectivity index (χ3n) is 4.49. The maximum absolute atomic E-state index is 12.3. The molecule has 0 aliphatic rings. The molecule has 1 heterocycles. The number of anilines is 1. The molecule has 0 saturated carbocycles. The Kier molecular flexibility index (Phi) is 8.31. The normalized spacial score (nSPS) is 11.6. The summed E-state index contributed by atoms with van der Waals surface area (Å²) in [7, 11) is 0. The summed E-state index contributed by atoms with van der Waals surface area (Å²) in [6.07, 6.45) is 3.32. The number of rotatable bonds is 9. The number of nitro benzene ring substituents is 1. The number of esters is 1. The van der Waals surface area contributed by atoms with Crippen LogP contribution in [0.1, 0.15) is 18.2 Å². The molecule has 3 aromatic rings. The Labute approximate surface area is 200 Å². The number of ether oxygens (including phenoxy) is 2. The second-order valence-corrected chi connectivity index (χ2v) is 7.41. The predicted octanol–water partition coefficient (Wildman–Crippen LogP) is 4.81. The second kappa shape index (κ2) is 11.6. The van der Waals surface area contributed by atoms with Gasteiger partial charge in [-0.3, -0.25) is 19.9 Å². The standard InChI is InChI=1S/C24H20ClN3O6/c1-16(24(30)27-22-11-8-19(28(31)32)14-21(22)25)34-23(29)12-7-17-5-9-20(10-6-17)33-15-18-4-2-3-13-26-18/h2-14,16H,15H2,1H3,(H,27,30)/b12-7+. The van der Waals surface area contributed by atoms with E-state index in [4.69, 9.17) is 21.1 Å². The number of hydrogen-bond donors (Lipinski definition) is 1. The lowest BCUT2D eigenvalue weighted by Crippen LogP contribution is -2.29. The molecule has 1 aromatic heterocycles. The van der Waals surface area contributed by atoms with Gasteiger partial charge in [-0.25, -0.2) is 4.79 Å². The highest BCUT2D eigenvalue weighted by molar-refractivity contribution is 6.34. The van der Waals surface area contributed by atoms with Crippen LogP contribution in [0.2, 0.25) is 5.02 Å². The molecule has 0 spiro atoms. The van der Waals surface area contributed by atoms with E-state index in [1.807, 2.05) is 18.2 Å². The summed E-state index contributed by atoms with van der Waals surface area (Å²) in [5.74, 6) is -0.694. The number of carbonyl (C=O) groups is 2. The van der Waals surface area contributed by atoms with Gasteiger partial charge >= 0.3 is 5.97 Å². The molecule has 0 saturated heterocycles. The van der Waals surface area contributed by atoms with E-state index >= 15 is 0 Å². The van der Waals surface area contributed by atoms with Crippen molar-refractivity contribution in [3.8, 4) is 5.75 Å². The zero-order chi connectivity index (χ0) is 24.5. The number of halogens is 1. The van der Waals surface area contributed by atoms with E-state index in [1.54, 1.807) is 36.5 Å². The molecule has 1 N–H and O–H groups in total. The van der Waals surface area contributed by atoms with Crippen molar-refractivity contribution >= 4 is 40.9 Å². The van der Waals surface area contributed by atoms with Crippen molar-refractivity contribution in [3.05, 3.63) is 99.3 Å². The lowest BCUT2D eigenvalue weighted by molar-refractivity contribution is -0.384. The highest BCUT2D eigenvalue weighted by Crippen LogP contribution is 2.26. The lowest BCUT2D eigenvalue weighted by Gasteiger charge is -2.13. The minimum Gasteiger partial charge on any atom is -0.487 e. The van der Waals surface area contributed by atoms with Gasteiger partial charge in [-0.15, -0.1) is 0 Å². The molecule has 1 amide bonds. The summed E-state index contributed by atoms with van der Waals surface area (Å²) in [5, 5.41) is 13.2. The summed E-state index contributed by atoms with van der Waals surface area (Å²) in [6, 6.07) is 16.3. The molecular weight excluding hydrogens is 462 g/mol. The number of nitrogens with one attached hydrogen (secondary N) is 1. The van der Waals surface area contributed by atoms with Crippen LogP contribution in [0.3, 0.4) is 0 Å². The third-order valence-corrected chi connectivity index (χ3v) is 4.80. The fourth-order valence-corrected chi connectivity index (χ4v) is 2.92. The minimum atomic E-state index is -1.12. The molecule has 0 fully saturated rings. The summed E-state index contributed by atoms with van der Waals surface area (Å²) in [6.45, 7) is 1.74. The van der Waals surface area contributed by atoms with Gasteiger partial charge in [0, 0.05) is 24.4 Å². The Hall–Kier alpha value is -4.24. The van der Waals surface area contributed by atoms with Gasteiger partial charge in [0.15, 0.2) is 6.10 Å². The van der Waals surface area contributed by atoms with Crippen LogP contribution in [0.25, 0.3) is 6.08 Å². The van der Waals surface area contributed by atoms with Crippen molar-refractivity contribution in [2.75, 3.05) is 5.32 Å². The zero-order valence-corrected chi connectivity index (χ0v) is 18.8. The fraction of sp³-hybridized carbons (Fsp3) is 0.125. The molecule has 0 radical (unpaired) electrons. The molecule has 0 bridgehead atoms. The van der Waals surface area contributed by atoms with Gasteiger partial charge < -0.3 is 14.8 Å². The molecule has 0 aliphatic carbocycles. The largest absolute Gasteiger partial charge is 0.487 e. The monoisotopic (exact) mass is 481 g/mol. The molecule has 174 valence electrons. The van der Waals surface area contributed by atoms with Gasteiger partial charge in [-0.2, -0.15) is 0 Å². The van der Waals surface area contributed by atoms with E-state index in [0.29, 0.717) is 12.4 Å². The number of nitrogens with zero attached hydrogens (tertiary/aromatic N) is 2. The van der Waals surface area contributed by atoms with Crippen LogP contribution in [0.4, 0.5) is 11.4 Å². The van der Waals surface area contributed by atoms with Gasteiger partial charge in [0.05, 0.1) is 21.3 Å². The first kappa shape index (κ1) is 24.4. The SMILES string of the molecule is CC(OC(=O)/C=C/c1ccc(OCc2ccccn2)cc1)C(=O)Nc1ccc([N+](=O)[O-])cc1Cl. The summed E-state index contributed by atoms with van der Waals surface area (Å²) in [5.41, 5.74) is 1.50. The van der Waals surface area contributed by atoms with E-state index in [1.165, 1.54) is 25.1 Å². The maximum Gasteiger partial charge on any atom is 0.331 e. The van der Waals surface area contributed by atoms with Crippen LogP contribution in [0, 0.1) is 10.1 Å². The van der Waals surface area contributed by atoms with Gasteiger partial charge in [0.25, 0.3) is 11.6 Å². The van der Waals surface area contributed by atoms with Gasteiger partial charge in [-0.1, -0.05) is 29.8 Å². The number of hydrogen-bond acceptors (Lipinski definition) is 7. The van der Waals surface area contributed by atoms with Crippen molar-refractivity contribution in [3.63, 3.8) is 0 Å². The summed E-state index contributed by atoms with van der Waals surface area (Å²) in [4.78, 5) is 38.7. The third kappa shape index (κ3) is 7.14. The average Bonchev–Trinajstić information content (AvgIpc) is 2.83. The Morgan fingerprint density at radius 2 is 1.94 bits per heavy atom. The Balaban J connectivity index is 1.49. The summed E-state index contributed by atoms with van der Waals surface area (Å²) < 4.78 is 10.8. The van der Waals surface area contributed by atoms with Crippen LogP contribution < -0.4 is 10.1 Å². The molecule has 0 aliphatic heterocycles. The van der Waals surface area contributed by atoms with Crippen LogP contribution >= 0.6 is 11.6 Å². The molecule has 2 aromatic carbocycles. The van der Waals surface area contributed by atoms with E-state index in [2.05, 4.69) is 10.3 Å². The molecule has 34 heavy (non-hydrogen) atoms. The van der Waals surface area contributed by atoms with E-state index in [-0.39, 0.29) is 16.4 Å². The predicted molar refractivity (Wildman–Crippen MR) is 126 cm³/mol. The maximum atomic E-state index is 12.3. The van der Waals surface area contributed by atoms with Crippen molar-refractivity contribution in [2.24, 2.45) is 0 Å². The van der Waals surface area contributed by atoms with Crippen LogP contribution in [0.15, 0.2) is 72.9 Å². The zero-order valence-electron chi connectivity index (χ0n) is 18.0. The van der Waals surface area contributed by atoms with E-state index in [9.17, 15) is 19.7 Å². The van der Waals surface area contributed by atoms with Crippen molar-refractivity contribution < 1.29 is 24.0 Å². The van der Waals surface area contributed by atoms with Crippen LogP contribution in [-0.2, 0) is 20.9 Å². The van der Waals surface area contributed by atoms with Gasteiger partial charge in [-0.05, 0) is 48.9 Å². The topological polar surface area (TPSA) is 121 Å². The number of nitro groups is 1. The molecule has 10 heteroatoms. The summed E-state index contributed by atoms with van der Waals surface area (Å²) >= 11 is 5.96. The Morgan fingerprint density at radius 1 is 1.18 bits per heavy atom. The van der Waals surface area contributed by atoms with E-state index in [0.717, 1.165) is 17.3 Å². The van der Waals surface area contributed by atoms with Crippen LogP contribution in [0.5, 0.6) is 5.75 Å². The highest BCUT2D eigenvalue weighted by atomic mass is 35.5. The first-order valence-electron chi connectivity index (χ1n) is 10.1. The number of carbonyl (C=O) groups excluding carboxylic acids is 2. The number of benzene rings is 2. The van der Waals surface area contributed by atoms with Crippen LogP contribution in [-0.4, -0.2) is 27.9 Å². The fourth-order valence-electron chi connectivity index (χ4n) is 2.70. The number of amides is 1.